The minimum atomic E-state index is -0.187. The SMILES string of the molecule is O=C(Nc1nc(-c2ccccc2Cl)cs1)c1ccc(Br)cc1. The number of benzene rings is 2. The van der Waals surface area contributed by atoms with Crippen molar-refractivity contribution in [3.8, 4) is 11.3 Å². The van der Waals surface area contributed by atoms with Crippen LogP contribution in [0.5, 0.6) is 0 Å². The summed E-state index contributed by atoms with van der Waals surface area (Å²) >= 11 is 10.9. The van der Waals surface area contributed by atoms with E-state index < -0.39 is 0 Å². The molecule has 1 aromatic heterocycles. The van der Waals surface area contributed by atoms with Gasteiger partial charge in [-0.1, -0.05) is 45.7 Å². The van der Waals surface area contributed by atoms with Crippen LogP contribution in [0.1, 0.15) is 10.4 Å². The summed E-state index contributed by atoms with van der Waals surface area (Å²) in [4.78, 5) is 16.6. The number of rotatable bonds is 3. The molecule has 0 unspecified atom stereocenters. The van der Waals surface area contributed by atoms with Gasteiger partial charge in [-0.2, -0.15) is 0 Å². The van der Waals surface area contributed by atoms with E-state index in [4.69, 9.17) is 11.6 Å². The molecule has 3 aromatic rings. The highest BCUT2D eigenvalue weighted by Gasteiger charge is 2.11. The van der Waals surface area contributed by atoms with E-state index in [0.717, 1.165) is 15.7 Å². The fourth-order valence-electron chi connectivity index (χ4n) is 1.89. The van der Waals surface area contributed by atoms with Crippen LogP contribution in [-0.2, 0) is 0 Å². The molecule has 1 amide bonds. The van der Waals surface area contributed by atoms with Gasteiger partial charge >= 0.3 is 0 Å². The van der Waals surface area contributed by atoms with Crippen molar-refractivity contribution in [1.82, 2.24) is 4.98 Å². The molecular weight excluding hydrogens is 384 g/mol. The molecule has 0 saturated heterocycles. The van der Waals surface area contributed by atoms with Crippen LogP contribution in [0.25, 0.3) is 11.3 Å². The molecule has 3 rings (SSSR count). The highest BCUT2D eigenvalue weighted by molar-refractivity contribution is 9.10. The summed E-state index contributed by atoms with van der Waals surface area (Å²) in [5.74, 6) is -0.187. The Kier molecular flexibility index (Phi) is 4.57. The van der Waals surface area contributed by atoms with Crippen LogP contribution in [0.15, 0.2) is 58.4 Å². The van der Waals surface area contributed by atoms with Gasteiger partial charge in [-0.05, 0) is 30.3 Å². The van der Waals surface area contributed by atoms with Crippen LogP contribution in [0.4, 0.5) is 5.13 Å². The molecule has 1 heterocycles. The van der Waals surface area contributed by atoms with Gasteiger partial charge in [0.15, 0.2) is 5.13 Å². The molecule has 3 nitrogen and oxygen atoms in total. The number of hydrogen-bond acceptors (Lipinski definition) is 3. The first-order valence-corrected chi connectivity index (χ1v) is 8.46. The maximum absolute atomic E-state index is 12.2. The predicted molar refractivity (Wildman–Crippen MR) is 94.7 cm³/mol. The highest BCUT2D eigenvalue weighted by atomic mass is 79.9. The first-order chi connectivity index (χ1) is 10.6. The van der Waals surface area contributed by atoms with Gasteiger partial charge < -0.3 is 0 Å². The highest BCUT2D eigenvalue weighted by Crippen LogP contribution is 2.30. The number of carbonyl (C=O) groups is 1. The fraction of sp³-hybridized carbons (Fsp3) is 0. The standard InChI is InChI=1S/C16H10BrClN2OS/c17-11-7-5-10(6-8-11)15(21)20-16-19-14(9-22-16)12-3-1-2-4-13(12)18/h1-9H,(H,19,20,21). The van der Waals surface area contributed by atoms with Crippen LogP contribution >= 0.6 is 38.9 Å². The molecule has 0 atom stereocenters. The molecule has 0 spiro atoms. The summed E-state index contributed by atoms with van der Waals surface area (Å²) < 4.78 is 0.930. The summed E-state index contributed by atoms with van der Waals surface area (Å²) in [6.07, 6.45) is 0. The van der Waals surface area contributed by atoms with E-state index >= 15 is 0 Å². The van der Waals surface area contributed by atoms with Crippen LogP contribution in [0, 0.1) is 0 Å². The van der Waals surface area contributed by atoms with Crippen LogP contribution in [0.3, 0.4) is 0 Å². The molecule has 0 aliphatic heterocycles. The number of anilines is 1. The molecule has 0 aliphatic rings. The molecular formula is C16H10BrClN2OS. The van der Waals surface area contributed by atoms with Crippen LogP contribution in [0.2, 0.25) is 5.02 Å². The van der Waals surface area contributed by atoms with E-state index in [1.807, 2.05) is 41.8 Å². The maximum atomic E-state index is 12.2. The average Bonchev–Trinajstić information content (AvgIpc) is 2.96. The summed E-state index contributed by atoms with van der Waals surface area (Å²) in [5.41, 5.74) is 2.18. The number of nitrogens with one attached hydrogen (secondary N) is 1. The number of amides is 1. The Bertz CT molecular complexity index is 817. The van der Waals surface area contributed by atoms with Crippen LogP contribution in [-0.4, -0.2) is 10.9 Å². The minimum absolute atomic E-state index is 0.187. The van der Waals surface area contributed by atoms with Gasteiger partial charge in [-0.25, -0.2) is 4.98 Å². The lowest BCUT2D eigenvalue weighted by molar-refractivity contribution is 0.102. The molecule has 2 aromatic carbocycles. The minimum Gasteiger partial charge on any atom is -0.298 e. The van der Waals surface area contributed by atoms with Crippen molar-refractivity contribution in [2.75, 3.05) is 5.32 Å². The first-order valence-electron chi connectivity index (χ1n) is 6.41. The Morgan fingerprint density at radius 1 is 1.14 bits per heavy atom. The topological polar surface area (TPSA) is 42.0 Å². The van der Waals surface area contributed by atoms with E-state index in [2.05, 4.69) is 26.2 Å². The van der Waals surface area contributed by atoms with Crippen molar-refractivity contribution in [1.29, 1.82) is 0 Å². The van der Waals surface area contributed by atoms with Crippen molar-refractivity contribution in [3.63, 3.8) is 0 Å². The Balaban J connectivity index is 1.78. The van der Waals surface area contributed by atoms with Gasteiger partial charge in [0.25, 0.3) is 5.91 Å². The number of carbonyl (C=O) groups excluding carboxylic acids is 1. The summed E-state index contributed by atoms with van der Waals surface area (Å²) in [6.45, 7) is 0. The zero-order valence-corrected chi connectivity index (χ0v) is 14.4. The lowest BCUT2D eigenvalue weighted by Gasteiger charge is -2.02. The van der Waals surface area contributed by atoms with E-state index in [-0.39, 0.29) is 5.91 Å². The normalized spacial score (nSPS) is 10.5. The van der Waals surface area contributed by atoms with E-state index in [1.54, 1.807) is 12.1 Å². The Morgan fingerprint density at radius 2 is 1.86 bits per heavy atom. The number of halogens is 2. The quantitative estimate of drug-likeness (QED) is 0.640. The Morgan fingerprint density at radius 3 is 2.59 bits per heavy atom. The fourth-order valence-corrected chi connectivity index (χ4v) is 3.10. The Labute approximate surface area is 145 Å². The lowest BCUT2D eigenvalue weighted by Crippen LogP contribution is -2.11. The second kappa shape index (κ2) is 6.60. The Hall–Kier alpha value is -1.69. The smallest absolute Gasteiger partial charge is 0.257 e. The third kappa shape index (κ3) is 3.38. The van der Waals surface area contributed by atoms with Crippen molar-refractivity contribution in [2.24, 2.45) is 0 Å². The lowest BCUT2D eigenvalue weighted by atomic mass is 10.2. The molecule has 22 heavy (non-hydrogen) atoms. The monoisotopic (exact) mass is 392 g/mol. The average molecular weight is 394 g/mol. The second-order valence-corrected chi connectivity index (χ2v) is 6.66. The van der Waals surface area contributed by atoms with Crippen molar-refractivity contribution < 1.29 is 4.79 Å². The maximum Gasteiger partial charge on any atom is 0.257 e. The van der Waals surface area contributed by atoms with E-state index in [1.165, 1.54) is 11.3 Å². The van der Waals surface area contributed by atoms with Crippen LogP contribution < -0.4 is 5.32 Å². The van der Waals surface area contributed by atoms with Gasteiger partial charge in [0.05, 0.1) is 5.69 Å². The molecule has 0 aliphatic carbocycles. The summed E-state index contributed by atoms with van der Waals surface area (Å²) in [7, 11) is 0. The van der Waals surface area contributed by atoms with E-state index in [0.29, 0.717) is 15.7 Å². The van der Waals surface area contributed by atoms with Crippen molar-refractivity contribution in [2.45, 2.75) is 0 Å². The number of nitrogens with zero attached hydrogens (tertiary/aromatic N) is 1. The molecule has 6 heteroatoms. The number of hydrogen-bond donors (Lipinski definition) is 1. The van der Waals surface area contributed by atoms with Gasteiger partial charge in [-0.15, -0.1) is 11.3 Å². The van der Waals surface area contributed by atoms with Crippen molar-refractivity contribution >= 4 is 49.9 Å². The molecule has 0 bridgehead atoms. The summed E-state index contributed by atoms with van der Waals surface area (Å²) in [5, 5.41) is 5.85. The first kappa shape index (κ1) is 15.2. The zero-order chi connectivity index (χ0) is 15.5. The molecule has 0 fully saturated rings. The molecule has 0 radical (unpaired) electrons. The third-order valence-electron chi connectivity index (χ3n) is 2.98. The second-order valence-electron chi connectivity index (χ2n) is 4.48. The zero-order valence-electron chi connectivity index (χ0n) is 11.2. The van der Waals surface area contributed by atoms with Gasteiger partial charge in [0.1, 0.15) is 0 Å². The van der Waals surface area contributed by atoms with E-state index in [9.17, 15) is 4.79 Å². The summed E-state index contributed by atoms with van der Waals surface area (Å²) in [6, 6.07) is 14.6. The van der Waals surface area contributed by atoms with Gasteiger partial charge in [0, 0.05) is 26.0 Å². The number of aromatic nitrogens is 1. The largest absolute Gasteiger partial charge is 0.298 e. The molecule has 0 saturated carbocycles. The third-order valence-corrected chi connectivity index (χ3v) is 4.60. The van der Waals surface area contributed by atoms with Crippen molar-refractivity contribution in [3.05, 3.63) is 69.0 Å². The predicted octanol–water partition coefficient (Wildman–Crippen LogP) is 5.48. The molecule has 110 valence electrons. The van der Waals surface area contributed by atoms with Gasteiger partial charge in [-0.3, -0.25) is 10.1 Å². The molecule has 1 N–H and O–H groups in total. The number of thiazole rings is 1. The van der Waals surface area contributed by atoms with Gasteiger partial charge in [0.2, 0.25) is 0 Å².